The second-order valence-corrected chi connectivity index (χ2v) is 8.78. The van der Waals surface area contributed by atoms with Crippen LogP contribution in [0.4, 0.5) is 5.69 Å². The van der Waals surface area contributed by atoms with Crippen LogP contribution >= 0.6 is 0 Å². The Hall–Kier alpha value is -4.13. The number of rotatable bonds is 4. The minimum Gasteiger partial charge on any atom is -0.448 e. The fourth-order valence-corrected chi connectivity index (χ4v) is 4.75. The molecular weight excluding hydrogens is 430 g/mol. The van der Waals surface area contributed by atoms with Crippen LogP contribution in [0, 0.1) is 0 Å². The number of carbonyl (C=O) groups is 1. The van der Waals surface area contributed by atoms with Crippen LogP contribution in [-0.2, 0) is 6.54 Å². The molecule has 2 heterocycles. The molecule has 7 nitrogen and oxygen atoms in total. The second-order valence-electron chi connectivity index (χ2n) is 8.78. The third kappa shape index (κ3) is 3.59. The molecule has 0 unspecified atom stereocenters. The van der Waals surface area contributed by atoms with Crippen molar-refractivity contribution in [1.29, 1.82) is 0 Å². The van der Waals surface area contributed by atoms with Crippen molar-refractivity contribution in [1.82, 2.24) is 9.78 Å². The predicted molar refractivity (Wildman–Crippen MR) is 128 cm³/mol. The highest BCUT2D eigenvalue weighted by Crippen LogP contribution is 2.47. The maximum Gasteiger partial charge on any atom is 0.276 e. The fourth-order valence-electron chi connectivity index (χ4n) is 4.75. The maximum absolute atomic E-state index is 13.3. The average molecular weight is 453 g/mol. The summed E-state index contributed by atoms with van der Waals surface area (Å²) in [7, 11) is 0. The van der Waals surface area contributed by atoms with Gasteiger partial charge in [-0.05, 0) is 36.6 Å². The highest BCUT2D eigenvalue weighted by molar-refractivity contribution is 6.11. The Bertz CT molecular complexity index is 1460. The molecule has 2 aliphatic rings. The first-order chi connectivity index (χ1) is 16.6. The molecule has 170 valence electrons. The minimum absolute atomic E-state index is 0.191. The highest BCUT2D eigenvalue weighted by Gasteiger charge is 2.44. The van der Waals surface area contributed by atoms with Crippen molar-refractivity contribution in [2.75, 3.05) is 5.32 Å². The summed E-state index contributed by atoms with van der Waals surface area (Å²) in [6.45, 7) is 0.275. The van der Waals surface area contributed by atoms with E-state index in [0.29, 0.717) is 28.0 Å². The molecule has 0 bridgehead atoms. The SMILES string of the molecule is O=C(Nc1ccc2c(c1)OC1(CCCC1)O2)c1nn(Cc2ccccc2)c(=O)c2ccccc12. The number of nitrogens with one attached hydrogen (secondary N) is 1. The highest BCUT2D eigenvalue weighted by atomic mass is 16.7. The van der Waals surface area contributed by atoms with Gasteiger partial charge in [0.05, 0.1) is 11.9 Å². The van der Waals surface area contributed by atoms with Gasteiger partial charge in [-0.3, -0.25) is 9.59 Å². The summed E-state index contributed by atoms with van der Waals surface area (Å²) in [6.07, 6.45) is 3.88. The summed E-state index contributed by atoms with van der Waals surface area (Å²) in [6, 6.07) is 22.0. The lowest BCUT2D eigenvalue weighted by atomic mass is 10.1. The zero-order valence-electron chi connectivity index (χ0n) is 18.5. The van der Waals surface area contributed by atoms with Crippen LogP contribution in [0.1, 0.15) is 41.7 Å². The van der Waals surface area contributed by atoms with E-state index in [1.54, 1.807) is 36.4 Å². The van der Waals surface area contributed by atoms with Gasteiger partial charge in [0.1, 0.15) is 0 Å². The van der Waals surface area contributed by atoms with Crippen LogP contribution in [0.15, 0.2) is 77.6 Å². The molecule has 7 heteroatoms. The van der Waals surface area contributed by atoms with Crippen LogP contribution < -0.4 is 20.3 Å². The monoisotopic (exact) mass is 453 g/mol. The Balaban J connectivity index is 1.33. The summed E-state index contributed by atoms with van der Waals surface area (Å²) in [5.41, 5.74) is 1.46. The van der Waals surface area contributed by atoms with Crippen molar-refractivity contribution in [2.24, 2.45) is 0 Å². The molecule has 6 rings (SSSR count). The van der Waals surface area contributed by atoms with Crippen molar-refractivity contribution in [3.63, 3.8) is 0 Å². The van der Waals surface area contributed by atoms with E-state index in [0.717, 1.165) is 31.2 Å². The number of nitrogens with zero attached hydrogens (tertiary/aromatic N) is 2. The number of amides is 1. The maximum atomic E-state index is 13.3. The molecule has 0 radical (unpaired) electrons. The quantitative estimate of drug-likeness (QED) is 0.483. The van der Waals surface area contributed by atoms with E-state index in [2.05, 4.69) is 10.4 Å². The van der Waals surface area contributed by atoms with Crippen LogP contribution in [0.25, 0.3) is 10.8 Å². The van der Waals surface area contributed by atoms with Gasteiger partial charge < -0.3 is 14.8 Å². The van der Waals surface area contributed by atoms with E-state index in [1.165, 1.54) is 4.68 Å². The molecule has 1 fully saturated rings. The van der Waals surface area contributed by atoms with Gasteiger partial charge in [0.15, 0.2) is 17.2 Å². The number of ether oxygens (including phenoxy) is 2. The topological polar surface area (TPSA) is 82.4 Å². The number of aromatic nitrogens is 2. The van der Waals surface area contributed by atoms with Gasteiger partial charge in [0.2, 0.25) is 0 Å². The van der Waals surface area contributed by atoms with Gasteiger partial charge >= 0.3 is 0 Å². The Morgan fingerprint density at radius 1 is 0.912 bits per heavy atom. The van der Waals surface area contributed by atoms with E-state index >= 15 is 0 Å². The summed E-state index contributed by atoms with van der Waals surface area (Å²) >= 11 is 0. The Morgan fingerprint density at radius 3 is 2.41 bits per heavy atom. The van der Waals surface area contributed by atoms with Gasteiger partial charge in [0.25, 0.3) is 17.3 Å². The predicted octanol–water partition coefficient (Wildman–Crippen LogP) is 4.74. The van der Waals surface area contributed by atoms with Gasteiger partial charge in [-0.2, -0.15) is 5.10 Å². The lowest BCUT2D eigenvalue weighted by Crippen LogP contribution is -2.34. The molecule has 3 aromatic carbocycles. The van der Waals surface area contributed by atoms with Gasteiger partial charge in [-0.25, -0.2) is 4.68 Å². The second kappa shape index (κ2) is 8.02. The molecule has 0 atom stereocenters. The first kappa shape index (κ1) is 20.5. The van der Waals surface area contributed by atoms with Crippen LogP contribution in [0.5, 0.6) is 11.5 Å². The van der Waals surface area contributed by atoms with Crippen molar-refractivity contribution in [3.05, 3.63) is 94.4 Å². The third-order valence-corrected chi connectivity index (χ3v) is 6.42. The van der Waals surface area contributed by atoms with Crippen LogP contribution in [-0.4, -0.2) is 21.5 Å². The number of fused-ring (bicyclic) bond motifs is 2. The van der Waals surface area contributed by atoms with Crippen LogP contribution in [0.2, 0.25) is 0 Å². The van der Waals surface area contributed by atoms with Crippen LogP contribution in [0.3, 0.4) is 0 Å². The number of hydrogen-bond acceptors (Lipinski definition) is 5. The van der Waals surface area contributed by atoms with E-state index in [-0.39, 0.29) is 17.8 Å². The van der Waals surface area contributed by atoms with E-state index in [1.807, 2.05) is 36.4 Å². The summed E-state index contributed by atoms with van der Waals surface area (Å²) < 4.78 is 13.5. The Labute approximate surface area is 195 Å². The lowest BCUT2D eigenvalue weighted by molar-refractivity contribution is -0.0716. The van der Waals surface area contributed by atoms with Crippen molar-refractivity contribution in [3.8, 4) is 11.5 Å². The van der Waals surface area contributed by atoms with Gasteiger partial charge in [-0.1, -0.05) is 48.5 Å². The molecule has 1 aliphatic heterocycles. The number of hydrogen-bond donors (Lipinski definition) is 1. The zero-order chi connectivity index (χ0) is 23.1. The smallest absolute Gasteiger partial charge is 0.276 e. The Morgan fingerprint density at radius 2 is 1.62 bits per heavy atom. The lowest BCUT2D eigenvalue weighted by Gasteiger charge is -2.21. The molecular formula is C27H23N3O4. The van der Waals surface area contributed by atoms with E-state index in [4.69, 9.17) is 9.47 Å². The minimum atomic E-state index is -0.560. The van der Waals surface area contributed by atoms with E-state index in [9.17, 15) is 9.59 Å². The molecule has 1 amide bonds. The molecule has 4 aromatic rings. The molecule has 1 aromatic heterocycles. The standard InChI is InChI=1S/C27H23N3O4/c31-25(28-19-12-13-22-23(16-19)34-27(33-22)14-6-7-15-27)24-20-10-4-5-11-21(20)26(32)30(29-24)17-18-8-2-1-3-9-18/h1-5,8-13,16H,6-7,14-15,17H2,(H,28,31). The summed E-state index contributed by atoms with van der Waals surface area (Å²) in [5, 5.41) is 8.34. The Kier molecular flexibility index (Phi) is 4.83. The van der Waals surface area contributed by atoms with Crippen molar-refractivity contribution < 1.29 is 14.3 Å². The third-order valence-electron chi connectivity index (χ3n) is 6.42. The van der Waals surface area contributed by atoms with Gasteiger partial charge in [0, 0.05) is 30.0 Å². The summed E-state index contributed by atoms with van der Waals surface area (Å²) in [4.78, 5) is 26.4. The normalized spacial score (nSPS) is 15.6. The first-order valence-corrected chi connectivity index (χ1v) is 11.5. The number of anilines is 1. The molecule has 0 saturated heterocycles. The molecule has 1 N–H and O–H groups in total. The largest absolute Gasteiger partial charge is 0.448 e. The molecule has 34 heavy (non-hydrogen) atoms. The first-order valence-electron chi connectivity index (χ1n) is 11.5. The molecule has 1 spiro atoms. The molecule has 1 saturated carbocycles. The van der Waals surface area contributed by atoms with Gasteiger partial charge in [-0.15, -0.1) is 0 Å². The van der Waals surface area contributed by atoms with E-state index < -0.39 is 11.7 Å². The summed E-state index contributed by atoms with van der Waals surface area (Å²) in [5.74, 6) is 0.370. The zero-order valence-corrected chi connectivity index (χ0v) is 18.5. The van der Waals surface area contributed by atoms with Crippen molar-refractivity contribution in [2.45, 2.75) is 38.0 Å². The fraction of sp³-hybridized carbons (Fsp3) is 0.222. The number of carbonyl (C=O) groups excluding carboxylic acids is 1. The average Bonchev–Trinajstić information content (AvgIpc) is 3.46. The van der Waals surface area contributed by atoms with Crippen molar-refractivity contribution >= 4 is 22.4 Å². The molecule has 1 aliphatic carbocycles. The number of benzene rings is 3.